The number of hydrogen-bond acceptors (Lipinski definition) is 3. The van der Waals surface area contributed by atoms with E-state index in [4.69, 9.17) is 16.3 Å². The summed E-state index contributed by atoms with van der Waals surface area (Å²) in [5, 5.41) is 0.796. The molecular formula is C16H22ClN3O2. The summed E-state index contributed by atoms with van der Waals surface area (Å²) in [6, 6.07) is 6.30. The molecule has 0 aliphatic carbocycles. The normalized spacial score (nSPS) is 19.5. The first-order valence-electron chi connectivity index (χ1n) is 7.78. The summed E-state index contributed by atoms with van der Waals surface area (Å²) in [5.74, 6) is 0. The maximum absolute atomic E-state index is 12.5. The van der Waals surface area contributed by atoms with E-state index < -0.39 is 0 Å². The molecule has 0 aromatic heterocycles. The maximum Gasteiger partial charge on any atom is 0.320 e. The zero-order valence-electron chi connectivity index (χ0n) is 12.9. The van der Waals surface area contributed by atoms with Crippen molar-refractivity contribution in [3.05, 3.63) is 28.8 Å². The summed E-state index contributed by atoms with van der Waals surface area (Å²) < 4.78 is 5.30. The Morgan fingerprint density at radius 2 is 1.68 bits per heavy atom. The van der Waals surface area contributed by atoms with Gasteiger partial charge in [-0.05, 0) is 24.6 Å². The molecule has 2 amide bonds. The van der Waals surface area contributed by atoms with Crippen molar-refractivity contribution >= 4 is 23.3 Å². The van der Waals surface area contributed by atoms with E-state index in [2.05, 4.69) is 11.0 Å². The van der Waals surface area contributed by atoms with Crippen molar-refractivity contribution in [1.29, 1.82) is 0 Å². The van der Waals surface area contributed by atoms with Crippen molar-refractivity contribution < 1.29 is 9.53 Å². The molecule has 0 radical (unpaired) electrons. The number of rotatable bonds is 1. The van der Waals surface area contributed by atoms with Crippen molar-refractivity contribution in [2.24, 2.45) is 0 Å². The predicted octanol–water partition coefficient (Wildman–Crippen LogP) is 2.22. The van der Waals surface area contributed by atoms with Gasteiger partial charge in [0.1, 0.15) is 0 Å². The summed E-state index contributed by atoms with van der Waals surface area (Å²) in [5.41, 5.74) is 2.22. The van der Waals surface area contributed by atoms with Gasteiger partial charge in [-0.1, -0.05) is 17.7 Å². The van der Waals surface area contributed by atoms with E-state index in [0.29, 0.717) is 26.3 Å². The number of anilines is 1. The molecule has 1 aromatic rings. The van der Waals surface area contributed by atoms with Crippen LogP contribution in [-0.2, 0) is 4.74 Å². The predicted molar refractivity (Wildman–Crippen MR) is 87.8 cm³/mol. The molecular weight excluding hydrogens is 302 g/mol. The second-order valence-electron chi connectivity index (χ2n) is 5.79. The van der Waals surface area contributed by atoms with Gasteiger partial charge in [-0.15, -0.1) is 0 Å². The van der Waals surface area contributed by atoms with Gasteiger partial charge in [0.2, 0.25) is 0 Å². The maximum atomic E-state index is 12.5. The van der Waals surface area contributed by atoms with Crippen LogP contribution in [0.25, 0.3) is 0 Å². The van der Waals surface area contributed by atoms with Crippen molar-refractivity contribution in [3.8, 4) is 0 Å². The van der Waals surface area contributed by atoms with Gasteiger partial charge >= 0.3 is 6.03 Å². The molecule has 2 heterocycles. The molecule has 2 aliphatic rings. The number of morpholine rings is 1. The molecule has 120 valence electrons. The summed E-state index contributed by atoms with van der Waals surface area (Å²) >= 11 is 6.20. The lowest BCUT2D eigenvalue weighted by atomic mass is 10.2. The van der Waals surface area contributed by atoms with Gasteiger partial charge in [0, 0.05) is 50.0 Å². The van der Waals surface area contributed by atoms with Crippen LogP contribution < -0.4 is 4.90 Å². The van der Waals surface area contributed by atoms with Gasteiger partial charge < -0.3 is 19.4 Å². The van der Waals surface area contributed by atoms with Crippen LogP contribution in [0.15, 0.2) is 18.2 Å². The van der Waals surface area contributed by atoms with Crippen molar-refractivity contribution in [2.45, 2.75) is 6.92 Å². The number of nitrogens with zero attached hydrogens (tertiary/aromatic N) is 3. The highest BCUT2D eigenvalue weighted by Crippen LogP contribution is 2.24. The van der Waals surface area contributed by atoms with E-state index in [1.54, 1.807) is 0 Å². The molecule has 5 nitrogen and oxygen atoms in total. The lowest BCUT2D eigenvalue weighted by Crippen LogP contribution is -2.54. The fourth-order valence-corrected chi connectivity index (χ4v) is 3.06. The van der Waals surface area contributed by atoms with Gasteiger partial charge in [-0.3, -0.25) is 0 Å². The van der Waals surface area contributed by atoms with Gasteiger partial charge in [0.15, 0.2) is 0 Å². The SMILES string of the molecule is Cc1ccc(N2CCN(C(=O)N3CCOCC3)CC2)cc1Cl. The van der Waals surface area contributed by atoms with E-state index in [-0.39, 0.29) is 6.03 Å². The number of piperazine rings is 1. The first-order chi connectivity index (χ1) is 10.6. The number of carbonyl (C=O) groups excluding carboxylic acids is 1. The highest BCUT2D eigenvalue weighted by molar-refractivity contribution is 6.31. The number of benzene rings is 1. The van der Waals surface area contributed by atoms with E-state index in [1.807, 2.05) is 28.9 Å². The second kappa shape index (κ2) is 6.75. The lowest BCUT2D eigenvalue weighted by Gasteiger charge is -2.39. The monoisotopic (exact) mass is 323 g/mol. The molecule has 0 atom stereocenters. The molecule has 0 N–H and O–H groups in total. The molecule has 2 saturated heterocycles. The standard InChI is InChI=1S/C16H22ClN3O2/c1-13-2-3-14(12-15(13)17)18-4-6-19(7-5-18)16(21)20-8-10-22-11-9-20/h2-3,12H,4-11H2,1H3. The average molecular weight is 324 g/mol. The Hall–Kier alpha value is -1.46. The van der Waals surface area contributed by atoms with Crippen LogP contribution in [0, 0.1) is 6.92 Å². The number of aryl methyl sites for hydroxylation is 1. The van der Waals surface area contributed by atoms with Crippen LogP contribution in [0.4, 0.5) is 10.5 Å². The van der Waals surface area contributed by atoms with Gasteiger partial charge in [-0.2, -0.15) is 0 Å². The highest BCUT2D eigenvalue weighted by atomic mass is 35.5. The Kier molecular flexibility index (Phi) is 4.74. The molecule has 2 fully saturated rings. The molecule has 0 spiro atoms. The van der Waals surface area contributed by atoms with Crippen LogP contribution in [-0.4, -0.2) is 68.3 Å². The molecule has 22 heavy (non-hydrogen) atoms. The first-order valence-corrected chi connectivity index (χ1v) is 8.15. The minimum Gasteiger partial charge on any atom is -0.378 e. The second-order valence-corrected chi connectivity index (χ2v) is 6.20. The van der Waals surface area contributed by atoms with E-state index in [0.717, 1.165) is 42.5 Å². The van der Waals surface area contributed by atoms with Crippen LogP contribution in [0.2, 0.25) is 5.02 Å². The number of halogens is 1. The zero-order valence-corrected chi connectivity index (χ0v) is 13.7. The minimum atomic E-state index is 0.143. The molecule has 0 bridgehead atoms. The zero-order chi connectivity index (χ0) is 15.5. The van der Waals surface area contributed by atoms with Crippen LogP contribution in [0.1, 0.15) is 5.56 Å². The fourth-order valence-electron chi connectivity index (χ4n) is 2.89. The summed E-state index contributed by atoms with van der Waals surface area (Å²) in [6.07, 6.45) is 0. The summed E-state index contributed by atoms with van der Waals surface area (Å²) in [6.45, 7) is 7.89. The topological polar surface area (TPSA) is 36.0 Å². The third-order valence-corrected chi connectivity index (χ3v) is 4.76. The van der Waals surface area contributed by atoms with Crippen LogP contribution in [0.3, 0.4) is 0 Å². The number of hydrogen-bond donors (Lipinski definition) is 0. The Balaban J connectivity index is 1.57. The molecule has 3 rings (SSSR count). The summed E-state index contributed by atoms with van der Waals surface area (Å²) in [7, 11) is 0. The third kappa shape index (κ3) is 3.31. The quantitative estimate of drug-likeness (QED) is 0.795. The number of carbonyl (C=O) groups is 1. The van der Waals surface area contributed by atoms with Gasteiger partial charge in [0.25, 0.3) is 0 Å². The van der Waals surface area contributed by atoms with Crippen molar-refractivity contribution in [3.63, 3.8) is 0 Å². The fraction of sp³-hybridized carbons (Fsp3) is 0.562. The first kappa shape index (κ1) is 15.4. The Labute approximate surface area is 136 Å². The average Bonchev–Trinajstić information content (AvgIpc) is 2.58. The molecule has 0 saturated carbocycles. The van der Waals surface area contributed by atoms with E-state index in [1.165, 1.54) is 0 Å². The number of urea groups is 1. The van der Waals surface area contributed by atoms with Crippen LogP contribution >= 0.6 is 11.6 Å². The van der Waals surface area contributed by atoms with Gasteiger partial charge in [-0.25, -0.2) is 4.79 Å². The molecule has 1 aromatic carbocycles. The Morgan fingerprint density at radius 1 is 1.05 bits per heavy atom. The van der Waals surface area contributed by atoms with Crippen LogP contribution in [0.5, 0.6) is 0 Å². The minimum absolute atomic E-state index is 0.143. The Bertz CT molecular complexity index is 538. The van der Waals surface area contributed by atoms with E-state index >= 15 is 0 Å². The molecule has 6 heteroatoms. The largest absolute Gasteiger partial charge is 0.378 e. The summed E-state index contributed by atoms with van der Waals surface area (Å²) in [4.78, 5) is 18.6. The van der Waals surface area contributed by atoms with E-state index in [9.17, 15) is 4.79 Å². The number of ether oxygens (including phenoxy) is 1. The van der Waals surface area contributed by atoms with Crippen molar-refractivity contribution in [1.82, 2.24) is 9.80 Å². The third-order valence-electron chi connectivity index (χ3n) is 4.35. The molecule has 0 unspecified atom stereocenters. The smallest absolute Gasteiger partial charge is 0.320 e. The molecule has 2 aliphatic heterocycles. The lowest BCUT2D eigenvalue weighted by molar-refractivity contribution is 0.0428. The number of amides is 2. The highest BCUT2D eigenvalue weighted by Gasteiger charge is 2.26. The van der Waals surface area contributed by atoms with Crippen molar-refractivity contribution in [2.75, 3.05) is 57.4 Å². The Morgan fingerprint density at radius 3 is 2.32 bits per heavy atom. The van der Waals surface area contributed by atoms with Gasteiger partial charge in [0.05, 0.1) is 13.2 Å².